The molecule has 1 aliphatic heterocycles. The Kier molecular flexibility index (Phi) is 1.79. The second kappa shape index (κ2) is 2.83. The molecule has 0 atom stereocenters. The minimum absolute atomic E-state index is 0.163. The van der Waals surface area contributed by atoms with Crippen molar-refractivity contribution in [2.45, 2.75) is 13.3 Å². The highest BCUT2D eigenvalue weighted by Crippen LogP contribution is 2.19. The fraction of sp³-hybridized carbons (Fsp3) is 0.300. The SMILES string of the molecule is Cc1cc(F)cc2c1CCNC2=O. The van der Waals surface area contributed by atoms with Gasteiger partial charge in [0.25, 0.3) is 5.91 Å². The van der Waals surface area contributed by atoms with Crippen molar-refractivity contribution in [2.24, 2.45) is 0 Å². The van der Waals surface area contributed by atoms with Crippen LogP contribution < -0.4 is 5.32 Å². The lowest BCUT2D eigenvalue weighted by molar-refractivity contribution is 0.0945. The van der Waals surface area contributed by atoms with Crippen molar-refractivity contribution in [3.05, 3.63) is 34.6 Å². The molecule has 1 amide bonds. The Morgan fingerprint density at radius 2 is 2.23 bits per heavy atom. The molecule has 0 aromatic heterocycles. The predicted octanol–water partition coefficient (Wildman–Crippen LogP) is 1.42. The molecule has 1 aliphatic rings. The average Bonchev–Trinajstić information content (AvgIpc) is 2.07. The van der Waals surface area contributed by atoms with Crippen LogP contribution in [0.5, 0.6) is 0 Å². The number of nitrogens with one attached hydrogen (secondary N) is 1. The van der Waals surface area contributed by atoms with Crippen LogP contribution in [-0.2, 0) is 6.42 Å². The van der Waals surface area contributed by atoms with Crippen LogP contribution in [0.1, 0.15) is 21.5 Å². The number of amides is 1. The molecule has 0 radical (unpaired) electrons. The molecule has 0 aliphatic carbocycles. The highest BCUT2D eigenvalue weighted by atomic mass is 19.1. The minimum Gasteiger partial charge on any atom is -0.352 e. The van der Waals surface area contributed by atoms with Gasteiger partial charge in [0.2, 0.25) is 0 Å². The summed E-state index contributed by atoms with van der Waals surface area (Å²) in [5.41, 5.74) is 2.33. The lowest BCUT2D eigenvalue weighted by Gasteiger charge is -2.18. The molecule has 3 heteroatoms. The van der Waals surface area contributed by atoms with Gasteiger partial charge in [0.05, 0.1) is 0 Å². The lowest BCUT2D eigenvalue weighted by Crippen LogP contribution is -2.32. The molecule has 0 bridgehead atoms. The molecule has 0 fully saturated rings. The van der Waals surface area contributed by atoms with Crippen LogP contribution in [0.3, 0.4) is 0 Å². The zero-order valence-electron chi connectivity index (χ0n) is 7.36. The molecule has 0 saturated carbocycles. The van der Waals surface area contributed by atoms with Gasteiger partial charge in [-0.2, -0.15) is 0 Å². The molecule has 2 nitrogen and oxygen atoms in total. The molecule has 1 heterocycles. The van der Waals surface area contributed by atoms with Crippen molar-refractivity contribution in [2.75, 3.05) is 6.54 Å². The van der Waals surface area contributed by atoms with Crippen molar-refractivity contribution < 1.29 is 9.18 Å². The second-order valence-corrected chi connectivity index (χ2v) is 3.25. The van der Waals surface area contributed by atoms with Gasteiger partial charge in [-0.1, -0.05) is 0 Å². The van der Waals surface area contributed by atoms with E-state index in [1.54, 1.807) is 0 Å². The summed E-state index contributed by atoms with van der Waals surface area (Å²) in [4.78, 5) is 11.3. The smallest absolute Gasteiger partial charge is 0.251 e. The van der Waals surface area contributed by atoms with Crippen LogP contribution in [0.15, 0.2) is 12.1 Å². The van der Waals surface area contributed by atoms with Crippen LogP contribution in [-0.4, -0.2) is 12.5 Å². The molecule has 0 unspecified atom stereocenters. The van der Waals surface area contributed by atoms with Gasteiger partial charge in [-0.3, -0.25) is 4.79 Å². The first-order valence-electron chi connectivity index (χ1n) is 4.25. The van der Waals surface area contributed by atoms with Gasteiger partial charge in [-0.15, -0.1) is 0 Å². The first-order chi connectivity index (χ1) is 6.18. The van der Waals surface area contributed by atoms with Crippen molar-refractivity contribution in [1.29, 1.82) is 0 Å². The normalized spacial score (nSPS) is 15.1. The van der Waals surface area contributed by atoms with Crippen LogP contribution in [0.4, 0.5) is 4.39 Å². The number of hydrogen-bond donors (Lipinski definition) is 1. The van der Waals surface area contributed by atoms with E-state index in [0.717, 1.165) is 17.5 Å². The number of halogens is 1. The number of rotatable bonds is 0. The second-order valence-electron chi connectivity index (χ2n) is 3.25. The standard InChI is InChI=1S/C10H10FNO/c1-6-4-7(11)5-9-8(6)2-3-12-10(9)13/h4-5H,2-3H2,1H3,(H,12,13). The van der Waals surface area contributed by atoms with Gasteiger partial charge < -0.3 is 5.32 Å². The molecule has 0 saturated heterocycles. The molecule has 0 spiro atoms. The number of hydrogen-bond acceptors (Lipinski definition) is 1. The Morgan fingerprint density at radius 1 is 1.46 bits per heavy atom. The first kappa shape index (κ1) is 8.23. The van der Waals surface area contributed by atoms with Gasteiger partial charge in [-0.25, -0.2) is 4.39 Å². The first-order valence-corrected chi connectivity index (χ1v) is 4.25. The van der Waals surface area contributed by atoms with E-state index in [0.29, 0.717) is 12.1 Å². The Bertz CT molecular complexity index is 373. The quantitative estimate of drug-likeness (QED) is 0.641. The van der Waals surface area contributed by atoms with Gasteiger partial charge in [-0.05, 0) is 36.6 Å². The highest BCUT2D eigenvalue weighted by molar-refractivity contribution is 5.97. The summed E-state index contributed by atoms with van der Waals surface area (Å²) in [6.07, 6.45) is 0.799. The summed E-state index contributed by atoms with van der Waals surface area (Å²) in [7, 11) is 0. The molecule has 2 rings (SSSR count). The third kappa shape index (κ3) is 1.30. The Balaban J connectivity index is 2.63. The number of carbonyl (C=O) groups excluding carboxylic acids is 1. The summed E-state index contributed by atoms with van der Waals surface area (Å²) in [6.45, 7) is 2.48. The highest BCUT2D eigenvalue weighted by Gasteiger charge is 2.18. The zero-order valence-corrected chi connectivity index (χ0v) is 7.36. The predicted molar refractivity (Wildman–Crippen MR) is 47.2 cm³/mol. The van der Waals surface area contributed by atoms with Gasteiger partial charge in [0.1, 0.15) is 5.82 Å². The summed E-state index contributed by atoms with van der Waals surface area (Å²) in [5, 5.41) is 2.69. The van der Waals surface area contributed by atoms with Crippen molar-refractivity contribution in [3.8, 4) is 0 Å². The number of carbonyl (C=O) groups is 1. The topological polar surface area (TPSA) is 29.1 Å². The van der Waals surface area contributed by atoms with E-state index < -0.39 is 0 Å². The molecule has 1 aromatic carbocycles. The molecule has 1 N–H and O–H groups in total. The minimum atomic E-state index is -0.340. The van der Waals surface area contributed by atoms with E-state index in [4.69, 9.17) is 0 Å². The third-order valence-corrected chi connectivity index (χ3v) is 2.34. The fourth-order valence-corrected chi connectivity index (χ4v) is 1.70. The van der Waals surface area contributed by atoms with Crippen LogP contribution in [0.25, 0.3) is 0 Å². The maximum absolute atomic E-state index is 12.9. The maximum atomic E-state index is 12.9. The van der Waals surface area contributed by atoms with Crippen LogP contribution >= 0.6 is 0 Å². The molecular weight excluding hydrogens is 169 g/mol. The fourth-order valence-electron chi connectivity index (χ4n) is 1.70. The summed E-state index contributed by atoms with van der Waals surface area (Å²) in [5.74, 6) is -0.503. The number of fused-ring (bicyclic) bond motifs is 1. The van der Waals surface area contributed by atoms with E-state index in [1.165, 1.54) is 12.1 Å². The van der Waals surface area contributed by atoms with Crippen LogP contribution in [0.2, 0.25) is 0 Å². The Labute approximate surface area is 75.8 Å². The zero-order chi connectivity index (χ0) is 9.42. The van der Waals surface area contributed by atoms with Gasteiger partial charge >= 0.3 is 0 Å². The summed E-state index contributed by atoms with van der Waals surface area (Å²) >= 11 is 0. The number of aryl methyl sites for hydroxylation is 1. The Morgan fingerprint density at radius 3 is 3.00 bits per heavy atom. The molecule has 13 heavy (non-hydrogen) atoms. The van der Waals surface area contributed by atoms with Crippen molar-refractivity contribution in [3.63, 3.8) is 0 Å². The molecule has 68 valence electrons. The van der Waals surface area contributed by atoms with Crippen LogP contribution in [0, 0.1) is 12.7 Å². The van der Waals surface area contributed by atoms with E-state index in [-0.39, 0.29) is 11.7 Å². The average molecular weight is 179 g/mol. The van der Waals surface area contributed by atoms with E-state index in [9.17, 15) is 9.18 Å². The molecular formula is C10H10FNO. The largest absolute Gasteiger partial charge is 0.352 e. The number of benzene rings is 1. The van der Waals surface area contributed by atoms with Gasteiger partial charge in [0.15, 0.2) is 0 Å². The summed E-state index contributed by atoms with van der Waals surface area (Å²) in [6, 6.07) is 2.77. The van der Waals surface area contributed by atoms with E-state index >= 15 is 0 Å². The maximum Gasteiger partial charge on any atom is 0.251 e. The lowest BCUT2D eigenvalue weighted by atomic mass is 9.96. The van der Waals surface area contributed by atoms with E-state index in [1.807, 2.05) is 6.92 Å². The van der Waals surface area contributed by atoms with Crippen molar-refractivity contribution in [1.82, 2.24) is 5.32 Å². The van der Waals surface area contributed by atoms with Gasteiger partial charge in [0, 0.05) is 12.1 Å². The monoisotopic (exact) mass is 179 g/mol. The molecule has 1 aromatic rings. The Hall–Kier alpha value is -1.38. The van der Waals surface area contributed by atoms with E-state index in [2.05, 4.69) is 5.32 Å². The third-order valence-electron chi connectivity index (χ3n) is 2.34. The summed E-state index contributed by atoms with van der Waals surface area (Å²) < 4.78 is 12.9. The van der Waals surface area contributed by atoms with Crippen molar-refractivity contribution >= 4 is 5.91 Å².